The summed E-state index contributed by atoms with van der Waals surface area (Å²) in [5.41, 5.74) is 2.34. The molecule has 1 aliphatic rings. The Kier molecular flexibility index (Phi) is 6.66. The Bertz CT molecular complexity index is 1410. The van der Waals surface area contributed by atoms with Crippen LogP contribution in [0, 0.1) is 0 Å². The van der Waals surface area contributed by atoms with Gasteiger partial charge in [-0.05, 0) is 16.3 Å². The van der Waals surface area contributed by atoms with Gasteiger partial charge in [0.2, 0.25) is 0 Å². The molecule has 1 aliphatic heterocycles. The zero-order chi connectivity index (χ0) is 24.4. The average Bonchev–Trinajstić information content (AvgIpc) is 3.29. The quantitative estimate of drug-likeness (QED) is 0.413. The minimum atomic E-state index is -0.164. The van der Waals surface area contributed by atoms with E-state index in [0.29, 0.717) is 30.8 Å². The van der Waals surface area contributed by atoms with Gasteiger partial charge >= 0.3 is 0 Å². The van der Waals surface area contributed by atoms with Gasteiger partial charge in [-0.25, -0.2) is 4.98 Å². The van der Waals surface area contributed by atoms with Gasteiger partial charge in [-0.2, -0.15) is 0 Å². The Hall–Kier alpha value is -3.49. The highest BCUT2D eigenvalue weighted by Gasteiger charge is 2.27. The number of hydrogen-bond acceptors (Lipinski definition) is 6. The Balaban J connectivity index is 1.43. The number of benzene rings is 2. The molecule has 35 heavy (non-hydrogen) atoms. The fourth-order valence-electron chi connectivity index (χ4n) is 4.81. The van der Waals surface area contributed by atoms with Crippen LogP contribution < -0.4 is 10.3 Å². The van der Waals surface area contributed by atoms with Crippen molar-refractivity contribution in [1.29, 1.82) is 0 Å². The van der Waals surface area contributed by atoms with Crippen molar-refractivity contribution >= 4 is 28.0 Å². The van der Waals surface area contributed by atoms with Crippen LogP contribution in [0.15, 0.2) is 64.9 Å². The van der Waals surface area contributed by atoms with Gasteiger partial charge in [0, 0.05) is 63.0 Å². The van der Waals surface area contributed by atoms with Gasteiger partial charge in [-0.1, -0.05) is 42.5 Å². The van der Waals surface area contributed by atoms with Gasteiger partial charge in [0.15, 0.2) is 0 Å². The fourth-order valence-corrected chi connectivity index (χ4v) is 5.48. The van der Waals surface area contributed by atoms with Gasteiger partial charge in [0.1, 0.15) is 16.3 Å². The number of thiazole rings is 1. The van der Waals surface area contributed by atoms with E-state index in [9.17, 15) is 9.59 Å². The first-order chi connectivity index (χ1) is 17.0. The number of amides is 1. The molecule has 0 N–H and O–H groups in total. The number of hydrogen-bond donors (Lipinski definition) is 0. The van der Waals surface area contributed by atoms with Crippen LogP contribution in [0.25, 0.3) is 10.8 Å². The van der Waals surface area contributed by atoms with Crippen molar-refractivity contribution < 1.29 is 9.53 Å². The van der Waals surface area contributed by atoms with Crippen molar-refractivity contribution in [2.24, 2.45) is 0 Å². The highest BCUT2D eigenvalue weighted by molar-refractivity contribution is 7.09. The molecule has 0 unspecified atom stereocenters. The number of rotatable bonds is 6. The maximum absolute atomic E-state index is 13.6. The van der Waals surface area contributed by atoms with Gasteiger partial charge in [0.25, 0.3) is 11.5 Å². The SMILES string of the molecule is COc1cc(=O)n2c(c1C(=O)N(C)Cc1nccs1)CCN(Cc1cccc3ccccc13)CC2. The molecule has 0 saturated heterocycles. The van der Waals surface area contributed by atoms with Crippen molar-refractivity contribution in [2.75, 3.05) is 27.2 Å². The lowest BCUT2D eigenvalue weighted by atomic mass is 10.0. The first-order valence-corrected chi connectivity index (χ1v) is 12.6. The Morgan fingerprint density at radius 3 is 2.77 bits per heavy atom. The molecule has 180 valence electrons. The normalized spacial score (nSPS) is 13.9. The summed E-state index contributed by atoms with van der Waals surface area (Å²) in [5, 5.41) is 5.23. The summed E-state index contributed by atoms with van der Waals surface area (Å²) in [6, 6.07) is 16.2. The number of carbonyl (C=O) groups excluding carboxylic acids is 1. The van der Waals surface area contributed by atoms with E-state index in [4.69, 9.17) is 4.74 Å². The summed E-state index contributed by atoms with van der Waals surface area (Å²) >= 11 is 1.51. The van der Waals surface area contributed by atoms with Crippen molar-refractivity contribution in [2.45, 2.75) is 26.1 Å². The van der Waals surface area contributed by atoms with E-state index in [0.717, 1.165) is 30.3 Å². The maximum Gasteiger partial charge on any atom is 0.259 e. The molecule has 8 heteroatoms. The lowest BCUT2D eigenvalue weighted by molar-refractivity contribution is 0.0779. The van der Waals surface area contributed by atoms with E-state index in [-0.39, 0.29) is 11.5 Å². The number of aromatic nitrogens is 2. The zero-order valence-electron chi connectivity index (χ0n) is 19.9. The van der Waals surface area contributed by atoms with Gasteiger partial charge < -0.3 is 14.2 Å². The van der Waals surface area contributed by atoms with Crippen LogP contribution in [-0.2, 0) is 26.1 Å². The third-order valence-electron chi connectivity index (χ3n) is 6.60. The predicted octanol–water partition coefficient (Wildman–Crippen LogP) is 3.80. The van der Waals surface area contributed by atoms with Crippen LogP contribution in [0.3, 0.4) is 0 Å². The van der Waals surface area contributed by atoms with Gasteiger partial charge in [-0.3, -0.25) is 14.5 Å². The first kappa shape index (κ1) is 23.3. The number of ether oxygens (including phenoxy) is 1. The van der Waals surface area contributed by atoms with Crippen LogP contribution in [0.1, 0.15) is 26.6 Å². The highest BCUT2D eigenvalue weighted by atomic mass is 32.1. The van der Waals surface area contributed by atoms with E-state index in [1.807, 2.05) is 5.38 Å². The first-order valence-electron chi connectivity index (χ1n) is 11.7. The minimum absolute atomic E-state index is 0.136. The summed E-state index contributed by atoms with van der Waals surface area (Å²) in [6.07, 6.45) is 2.32. The van der Waals surface area contributed by atoms with Gasteiger partial charge in [-0.15, -0.1) is 11.3 Å². The molecular formula is C27H28N4O3S. The second kappa shape index (κ2) is 10.0. The minimum Gasteiger partial charge on any atom is -0.496 e. The largest absolute Gasteiger partial charge is 0.496 e. The number of nitrogens with zero attached hydrogens (tertiary/aromatic N) is 4. The summed E-state index contributed by atoms with van der Waals surface area (Å²) < 4.78 is 7.27. The van der Waals surface area contributed by atoms with Crippen LogP contribution in [-0.4, -0.2) is 52.5 Å². The molecule has 0 aliphatic carbocycles. The molecule has 1 amide bonds. The molecule has 0 bridgehead atoms. The Labute approximate surface area is 208 Å². The standard InChI is InChI=1S/C27H28N4O3S/c1-29(18-24-28-11-15-35-24)27(33)26-22-10-12-30(13-14-31(22)25(32)16-23(26)34-2)17-20-8-5-7-19-6-3-4-9-21(19)20/h3-9,11,15-16H,10,12-14,17-18H2,1-2H3. The molecular weight excluding hydrogens is 460 g/mol. The third kappa shape index (κ3) is 4.72. The lowest BCUT2D eigenvalue weighted by Gasteiger charge is -2.21. The second-order valence-corrected chi connectivity index (χ2v) is 9.75. The van der Waals surface area contributed by atoms with Crippen molar-refractivity contribution in [3.05, 3.63) is 92.3 Å². The van der Waals surface area contributed by atoms with E-state index >= 15 is 0 Å². The molecule has 0 atom stereocenters. The van der Waals surface area contributed by atoms with Crippen molar-refractivity contribution in [3.8, 4) is 5.75 Å². The van der Waals surface area contributed by atoms with E-state index < -0.39 is 0 Å². The lowest BCUT2D eigenvalue weighted by Crippen LogP contribution is -2.32. The number of fused-ring (bicyclic) bond motifs is 2. The van der Waals surface area contributed by atoms with Crippen LogP contribution >= 0.6 is 11.3 Å². The monoisotopic (exact) mass is 488 g/mol. The fraction of sp³-hybridized carbons (Fsp3) is 0.296. The maximum atomic E-state index is 13.6. The van der Waals surface area contributed by atoms with Crippen molar-refractivity contribution in [1.82, 2.24) is 19.4 Å². The number of pyridine rings is 1. The van der Waals surface area contributed by atoms with E-state index in [2.05, 4.69) is 52.3 Å². The predicted molar refractivity (Wildman–Crippen MR) is 138 cm³/mol. The third-order valence-corrected chi connectivity index (χ3v) is 7.36. The summed E-state index contributed by atoms with van der Waals surface area (Å²) in [5.74, 6) is 0.169. The van der Waals surface area contributed by atoms with Crippen molar-refractivity contribution in [3.63, 3.8) is 0 Å². The van der Waals surface area contributed by atoms with E-state index in [1.165, 1.54) is 40.8 Å². The zero-order valence-corrected chi connectivity index (χ0v) is 20.8. The van der Waals surface area contributed by atoms with Crippen LogP contribution in [0.2, 0.25) is 0 Å². The Morgan fingerprint density at radius 2 is 1.97 bits per heavy atom. The summed E-state index contributed by atoms with van der Waals surface area (Å²) in [4.78, 5) is 34.8. The van der Waals surface area contributed by atoms with E-state index in [1.54, 1.807) is 22.7 Å². The summed E-state index contributed by atoms with van der Waals surface area (Å²) in [6.45, 7) is 3.19. The molecule has 0 spiro atoms. The second-order valence-electron chi connectivity index (χ2n) is 8.78. The topological polar surface area (TPSA) is 67.7 Å². The smallest absolute Gasteiger partial charge is 0.259 e. The highest BCUT2D eigenvalue weighted by Crippen LogP contribution is 2.26. The molecule has 5 rings (SSSR count). The van der Waals surface area contributed by atoms with Crippen LogP contribution in [0.4, 0.5) is 0 Å². The average molecular weight is 489 g/mol. The molecule has 4 aromatic rings. The molecule has 3 heterocycles. The number of carbonyl (C=O) groups is 1. The molecule has 0 fully saturated rings. The summed E-state index contributed by atoms with van der Waals surface area (Å²) in [7, 11) is 3.27. The van der Waals surface area contributed by atoms with Crippen LogP contribution in [0.5, 0.6) is 5.75 Å². The molecule has 0 radical (unpaired) electrons. The van der Waals surface area contributed by atoms with Gasteiger partial charge in [0.05, 0.1) is 13.7 Å². The molecule has 7 nitrogen and oxygen atoms in total. The number of methoxy groups -OCH3 is 1. The molecule has 2 aromatic carbocycles. The Morgan fingerprint density at radius 1 is 1.14 bits per heavy atom. The molecule has 2 aromatic heterocycles. The molecule has 0 saturated carbocycles.